The van der Waals surface area contributed by atoms with E-state index in [1.165, 1.54) is 7.11 Å². The van der Waals surface area contributed by atoms with Crippen LogP contribution in [0.2, 0.25) is 0 Å². The lowest BCUT2D eigenvalue weighted by Crippen LogP contribution is -2.41. The minimum absolute atomic E-state index is 0.191. The van der Waals surface area contributed by atoms with Crippen LogP contribution in [0.5, 0.6) is 0 Å². The molecule has 0 aliphatic heterocycles. The minimum Gasteiger partial charge on any atom is -0.468 e. The van der Waals surface area contributed by atoms with Crippen molar-refractivity contribution < 1.29 is 13.7 Å². The number of methoxy groups -OCH3 is 1. The van der Waals surface area contributed by atoms with E-state index in [1.54, 1.807) is 6.26 Å². The topological polar surface area (TPSA) is 55.4 Å². The van der Waals surface area contributed by atoms with Crippen molar-refractivity contribution in [3.05, 3.63) is 0 Å². The summed E-state index contributed by atoms with van der Waals surface area (Å²) >= 11 is 0. The van der Waals surface area contributed by atoms with Crippen molar-refractivity contribution in [1.82, 2.24) is 5.32 Å². The largest absolute Gasteiger partial charge is 0.468 e. The van der Waals surface area contributed by atoms with Gasteiger partial charge in [-0.1, -0.05) is 0 Å². The molecule has 1 aliphatic carbocycles. The molecule has 1 fully saturated rings. The predicted molar refractivity (Wildman–Crippen MR) is 55.5 cm³/mol. The second-order valence-corrected chi connectivity index (χ2v) is 5.12. The fourth-order valence-electron chi connectivity index (χ4n) is 1.36. The lowest BCUT2D eigenvalue weighted by atomic mass is 10.2. The zero-order valence-corrected chi connectivity index (χ0v) is 9.43. The van der Waals surface area contributed by atoms with Gasteiger partial charge < -0.3 is 10.1 Å². The molecular weight excluding hydrogens is 202 g/mol. The van der Waals surface area contributed by atoms with Crippen LogP contribution in [0.1, 0.15) is 12.8 Å². The van der Waals surface area contributed by atoms with Gasteiger partial charge in [0.15, 0.2) is 0 Å². The first-order valence-electron chi connectivity index (χ1n) is 4.76. The van der Waals surface area contributed by atoms with Crippen molar-refractivity contribution in [2.45, 2.75) is 18.9 Å². The van der Waals surface area contributed by atoms with E-state index < -0.39 is 10.8 Å². The summed E-state index contributed by atoms with van der Waals surface area (Å²) in [5.41, 5.74) is 0. The summed E-state index contributed by atoms with van der Waals surface area (Å²) in [6.45, 7) is 0.610. The van der Waals surface area contributed by atoms with Crippen LogP contribution in [0, 0.1) is 5.92 Å². The van der Waals surface area contributed by atoms with Crippen LogP contribution in [0.3, 0.4) is 0 Å². The molecule has 0 amide bonds. The Labute approximate surface area is 86.9 Å². The molecule has 14 heavy (non-hydrogen) atoms. The van der Waals surface area contributed by atoms with Gasteiger partial charge in [0.1, 0.15) is 6.04 Å². The summed E-state index contributed by atoms with van der Waals surface area (Å²) in [6, 6.07) is -0.191. The highest BCUT2D eigenvalue weighted by molar-refractivity contribution is 7.84. The molecule has 4 nitrogen and oxygen atoms in total. The van der Waals surface area contributed by atoms with E-state index in [1.807, 2.05) is 0 Å². The smallest absolute Gasteiger partial charge is 0.323 e. The van der Waals surface area contributed by atoms with Gasteiger partial charge in [0, 0.05) is 29.4 Å². The van der Waals surface area contributed by atoms with Crippen molar-refractivity contribution in [3.63, 3.8) is 0 Å². The quantitative estimate of drug-likeness (QED) is 0.634. The van der Waals surface area contributed by atoms with Gasteiger partial charge in [-0.2, -0.15) is 0 Å². The molecular formula is C9H17NO3S. The standard InChI is InChI=1S/C9H17NO3S/c1-13-9(11)8(7-3-4-7)10-5-6-14(2)12/h7-8,10H,3-6H2,1-2H3. The predicted octanol–water partition coefficient (Wildman–Crippen LogP) is -0.0939. The first kappa shape index (κ1) is 11.7. The lowest BCUT2D eigenvalue weighted by Gasteiger charge is -2.14. The normalized spacial score (nSPS) is 20.1. The molecule has 1 N–H and O–H groups in total. The molecule has 0 saturated heterocycles. The molecule has 0 bridgehead atoms. The van der Waals surface area contributed by atoms with Gasteiger partial charge in [-0.05, 0) is 18.8 Å². The summed E-state index contributed by atoms with van der Waals surface area (Å²) < 4.78 is 15.5. The van der Waals surface area contributed by atoms with Gasteiger partial charge >= 0.3 is 5.97 Å². The molecule has 2 atom stereocenters. The zero-order chi connectivity index (χ0) is 10.6. The molecule has 2 unspecified atom stereocenters. The van der Waals surface area contributed by atoms with Crippen LogP contribution in [0.4, 0.5) is 0 Å². The van der Waals surface area contributed by atoms with E-state index in [0.717, 1.165) is 12.8 Å². The van der Waals surface area contributed by atoms with Crippen LogP contribution in [-0.2, 0) is 20.3 Å². The third kappa shape index (κ3) is 3.75. The Hall–Kier alpha value is -0.420. The van der Waals surface area contributed by atoms with Gasteiger partial charge in [0.25, 0.3) is 0 Å². The van der Waals surface area contributed by atoms with Crippen molar-refractivity contribution >= 4 is 16.8 Å². The number of ether oxygens (including phenoxy) is 1. The van der Waals surface area contributed by atoms with Crippen molar-refractivity contribution in [2.24, 2.45) is 5.92 Å². The summed E-state index contributed by atoms with van der Waals surface area (Å²) in [4.78, 5) is 11.3. The molecule has 0 heterocycles. The summed E-state index contributed by atoms with van der Waals surface area (Å²) in [6.07, 6.45) is 3.83. The van der Waals surface area contributed by atoms with Crippen LogP contribution in [0.15, 0.2) is 0 Å². The maximum absolute atomic E-state index is 11.3. The van der Waals surface area contributed by atoms with E-state index in [2.05, 4.69) is 5.32 Å². The minimum atomic E-state index is -0.805. The van der Waals surface area contributed by atoms with Crippen molar-refractivity contribution in [2.75, 3.05) is 25.7 Å². The highest BCUT2D eigenvalue weighted by Crippen LogP contribution is 2.32. The van der Waals surface area contributed by atoms with Gasteiger partial charge in [-0.15, -0.1) is 0 Å². The van der Waals surface area contributed by atoms with Crippen LogP contribution >= 0.6 is 0 Å². The Bertz CT molecular complexity index is 228. The Kier molecular flexibility index (Phi) is 4.54. The molecule has 0 aromatic carbocycles. The number of hydrogen-bond donors (Lipinski definition) is 1. The maximum Gasteiger partial charge on any atom is 0.323 e. The Morgan fingerprint density at radius 1 is 1.64 bits per heavy atom. The zero-order valence-electron chi connectivity index (χ0n) is 8.62. The third-order valence-corrected chi connectivity index (χ3v) is 3.08. The van der Waals surface area contributed by atoms with Crippen LogP contribution in [0.25, 0.3) is 0 Å². The molecule has 1 rings (SSSR count). The fraction of sp³-hybridized carbons (Fsp3) is 0.889. The molecule has 0 spiro atoms. The molecule has 0 aromatic rings. The van der Waals surface area contributed by atoms with Crippen molar-refractivity contribution in [3.8, 4) is 0 Å². The van der Waals surface area contributed by atoms with E-state index in [9.17, 15) is 9.00 Å². The Morgan fingerprint density at radius 3 is 2.71 bits per heavy atom. The average molecular weight is 219 g/mol. The number of esters is 1. The highest BCUT2D eigenvalue weighted by atomic mass is 32.2. The molecule has 5 heteroatoms. The number of rotatable bonds is 6. The number of carbonyl (C=O) groups excluding carboxylic acids is 1. The maximum atomic E-state index is 11.3. The van der Waals surface area contributed by atoms with Crippen molar-refractivity contribution in [1.29, 1.82) is 0 Å². The summed E-state index contributed by atoms with van der Waals surface area (Å²) in [7, 11) is 0.596. The molecule has 0 aromatic heterocycles. The van der Waals surface area contributed by atoms with E-state index >= 15 is 0 Å². The van der Waals surface area contributed by atoms with E-state index in [4.69, 9.17) is 4.74 Å². The van der Waals surface area contributed by atoms with Gasteiger partial charge in [-0.25, -0.2) is 0 Å². The lowest BCUT2D eigenvalue weighted by molar-refractivity contribution is -0.143. The molecule has 1 aliphatic rings. The van der Waals surface area contributed by atoms with Crippen LogP contribution in [-0.4, -0.2) is 41.9 Å². The number of carbonyl (C=O) groups is 1. The number of hydrogen-bond acceptors (Lipinski definition) is 4. The van der Waals surface area contributed by atoms with Gasteiger partial charge in [0.05, 0.1) is 7.11 Å². The van der Waals surface area contributed by atoms with Crippen LogP contribution < -0.4 is 5.32 Å². The van der Waals surface area contributed by atoms with Gasteiger partial charge in [-0.3, -0.25) is 9.00 Å². The Morgan fingerprint density at radius 2 is 2.29 bits per heavy atom. The SMILES string of the molecule is COC(=O)C(NCCS(C)=O)C1CC1. The average Bonchev–Trinajstić information content (AvgIpc) is 2.94. The second-order valence-electron chi connectivity index (χ2n) is 3.57. The van der Waals surface area contributed by atoms with E-state index in [-0.39, 0.29) is 12.0 Å². The molecule has 82 valence electrons. The third-order valence-electron chi connectivity index (χ3n) is 2.30. The fourth-order valence-corrected chi connectivity index (χ4v) is 1.76. The Balaban J connectivity index is 2.28. The second kappa shape index (κ2) is 5.46. The van der Waals surface area contributed by atoms with E-state index in [0.29, 0.717) is 18.2 Å². The molecule has 1 saturated carbocycles. The first-order valence-corrected chi connectivity index (χ1v) is 6.49. The highest BCUT2D eigenvalue weighted by Gasteiger charge is 2.36. The molecule has 0 radical (unpaired) electrons. The summed E-state index contributed by atoms with van der Waals surface area (Å²) in [5, 5.41) is 3.10. The monoisotopic (exact) mass is 219 g/mol. The van der Waals surface area contributed by atoms with Gasteiger partial charge in [0.2, 0.25) is 0 Å². The summed E-state index contributed by atoms with van der Waals surface area (Å²) in [5.74, 6) is 0.808. The number of nitrogens with one attached hydrogen (secondary N) is 1. The first-order chi connectivity index (χ1) is 6.65.